The van der Waals surface area contributed by atoms with E-state index in [1.807, 2.05) is 0 Å². The van der Waals surface area contributed by atoms with E-state index in [4.69, 9.17) is 0 Å². The number of rotatable bonds is 5. The molecular weight excluding hydrogens is 1220 g/mol. The largest absolute Gasteiger partial charge is 0.0508 e. The minimum absolute atomic E-state index is 0.115. The second-order valence-corrected chi connectivity index (χ2v) is 27.0. The van der Waals surface area contributed by atoms with Crippen molar-refractivity contribution in [3.05, 3.63) is 129 Å². The van der Waals surface area contributed by atoms with Gasteiger partial charge in [-0.25, -0.2) is 0 Å². The van der Waals surface area contributed by atoms with Gasteiger partial charge < -0.3 is 0 Å². The molecule has 0 N–H and O–H groups in total. The number of hydrogen-bond donors (Lipinski definition) is 0. The Morgan fingerprint density at radius 3 is 0.804 bits per heavy atom. The Morgan fingerprint density at radius 2 is 0.571 bits per heavy atom. The first kappa shape index (κ1) is 40.8. The van der Waals surface area contributed by atoms with Crippen LogP contribution in [-0.4, -0.2) is 0 Å². The molecule has 294 valence electrons. The first-order valence-electron chi connectivity index (χ1n) is 20.2. The molecule has 4 unspecified atom stereocenters. The fraction of sp³-hybridized carbons (Fsp3) is 0.500. The van der Waals surface area contributed by atoms with Gasteiger partial charge in [-0.2, -0.15) is 0 Å². The van der Waals surface area contributed by atoms with E-state index in [1.165, 1.54) is 135 Å². The third-order valence-electron chi connectivity index (χ3n) is 16.8. The van der Waals surface area contributed by atoms with E-state index in [0.717, 1.165) is 0 Å². The highest BCUT2D eigenvalue weighted by molar-refractivity contribution is 9.12. The van der Waals surface area contributed by atoms with Crippen molar-refractivity contribution in [3.63, 3.8) is 0 Å². The summed E-state index contributed by atoms with van der Waals surface area (Å²) in [6.07, 6.45) is 15.6. The van der Waals surface area contributed by atoms with Crippen LogP contribution in [0.2, 0.25) is 0 Å². The van der Waals surface area contributed by atoms with Gasteiger partial charge in [0, 0.05) is 35.8 Å². The molecule has 0 radical (unpaired) electrons. The summed E-state index contributed by atoms with van der Waals surface area (Å²) in [6, 6.07) is 19.2. The molecule has 8 fully saturated rings. The van der Waals surface area contributed by atoms with Gasteiger partial charge in [0.15, 0.2) is 0 Å². The molecule has 0 amide bonds. The van der Waals surface area contributed by atoms with Gasteiger partial charge in [-0.3, -0.25) is 0 Å². The van der Waals surface area contributed by atoms with Crippen molar-refractivity contribution in [3.8, 4) is 0 Å². The molecule has 8 aliphatic rings. The Balaban J connectivity index is 1.25. The summed E-state index contributed by atoms with van der Waals surface area (Å²) in [5.41, 5.74) is 13.0. The molecule has 56 heavy (non-hydrogen) atoms. The van der Waals surface area contributed by atoms with Crippen LogP contribution in [0.5, 0.6) is 0 Å². The molecule has 4 atom stereocenters. The average molecular weight is 1260 g/mol. The summed E-state index contributed by atoms with van der Waals surface area (Å²) in [6.45, 7) is 9.56. The van der Waals surface area contributed by atoms with E-state index in [-0.39, 0.29) is 32.5 Å². The van der Waals surface area contributed by atoms with E-state index in [1.54, 1.807) is 22.3 Å². The molecule has 12 rings (SSSR count). The Bertz CT molecular complexity index is 2070. The van der Waals surface area contributed by atoms with Gasteiger partial charge in [0.1, 0.15) is 0 Å². The summed E-state index contributed by atoms with van der Waals surface area (Å²) in [4.78, 5) is 0. The lowest BCUT2D eigenvalue weighted by atomic mass is 9.26. The smallest absolute Gasteiger partial charge is 0.0218 e. The van der Waals surface area contributed by atoms with Crippen LogP contribution >= 0.6 is 127 Å². The molecule has 8 aliphatic carbocycles. The van der Waals surface area contributed by atoms with Gasteiger partial charge in [0.25, 0.3) is 0 Å². The van der Waals surface area contributed by atoms with Crippen molar-refractivity contribution in [2.24, 2.45) is 22.7 Å². The van der Waals surface area contributed by atoms with Crippen LogP contribution in [0.25, 0.3) is 0 Å². The van der Waals surface area contributed by atoms with Crippen LogP contribution in [0.3, 0.4) is 0 Å². The maximum Gasteiger partial charge on any atom is 0.0218 e. The Hall–Kier alpha value is 0.720. The van der Waals surface area contributed by atoms with Crippen molar-refractivity contribution in [1.29, 1.82) is 0 Å². The molecule has 8 bridgehead atoms. The minimum atomic E-state index is 0.115. The quantitative estimate of drug-likeness (QED) is 0.187. The van der Waals surface area contributed by atoms with Gasteiger partial charge in [-0.05, 0) is 242 Å². The van der Waals surface area contributed by atoms with Crippen molar-refractivity contribution < 1.29 is 0 Å². The zero-order chi connectivity index (χ0) is 39.5. The van der Waals surface area contributed by atoms with E-state index in [0.29, 0.717) is 11.8 Å². The van der Waals surface area contributed by atoms with Crippen molar-refractivity contribution in [2.45, 2.75) is 126 Å². The Labute approximate surface area is 400 Å². The van der Waals surface area contributed by atoms with Crippen LogP contribution in [-0.2, 0) is 21.7 Å². The van der Waals surface area contributed by atoms with Crippen LogP contribution in [0.1, 0.15) is 122 Å². The second-order valence-electron chi connectivity index (χ2n) is 19.9. The van der Waals surface area contributed by atoms with Crippen LogP contribution < -0.4 is 0 Å². The van der Waals surface area contributed by atoms with E-state index >= 15 is 0 Å². The monoisotopic (exact) mass is 1250 g/mol. The first-order valence-corrected chi connectivity index (χ1v) is 26.5. The molecular formula is C48H46Br8. The van der Waals surface area contributed by atoms with Crippen LogP contribution in [0.15, 0.2) is 84.3 Å². The van der Waals surface area contributed by atoms with E-state index in [2.05, 4.69) is 204 Å². The van der Waals surface area contributed by atoms with Gasteiger partial charge >= 0.3 is 0 Å². The zero-order valence-electron chi connectivity index (χ0n) is 32.3. The molecule has 8 saturated carbocycles. The molecule has 4 aromatic carbocycles. The fourth-order valence-electron chi connectivity index (χ4n) is 16.0. The first-order chi connectivity index (χ1) is 26.3. The average Bonchev–Trinajstić information content (AvgIpc) is 3.09. The summed E-state index contributed by atoms with van der Waals surface area (Å²) in [5, 5.41) is 0. The maximum atomic E-state index is 4.06. The van der Waals surface area contributed by atoms with Gasteiger partial charge in [0.05, 0.1) is 0 Å². The summed E-state index contributed by atoms with van der Waals surface area (Å²) in [5.74, 6) is 1.40. The molecule has 0 nitrogen and oxygen atoms in total. The molecule has 8 heteroatoms. The predicted molar refractivity (Wildman–Crippen MR) is 260 cm³/mol. The van der Waals surface area contributed by atoms with Crippen molar-refractivity contribution in [1.82, 2.24) is 0 Å². The summed E-state index contributed by atoms with van der Waals surface area (Å²) < 4.78 is 9.74. The lowest BCUT2D eigenvalue weighted by molar-refractivity contribution is -0.225. The molecule has 0 saturated heterocycles. The normalized spacial score (nSPS) is 36.5. The molecule has 0 aliphatic heterocycles. The highest BCUT2D eigenvalue weighted by Crippen LogP contribution is 2.83. The third-order valence-corrected chi connectivity index (χ3v) is 21.9. The molecule has 0 aromatic heterocycles. The standard InChI is InChI=1S/C48H46Br8/c1-25-35(5-31(49)9-39(25)53)43-13-29-14-44(19-43,36-6-32(50)10-40(54)26(36)2)22-47(17-29,21-43)48-18-30-15-45(23-48,37-7-33(51)11-41(55)27(37)3)20-46(16-30,24-48)38-8-34(52)12-42(56)28(38)4/h5-12,29-30H,13-24H2,1-4H3. The van der Waals surface area contributed by atoms with Gasteiger partial charge in [0.2, 0.25) is 0 Å². The number of benzene rings is 4. The lowest BCUT2D eigenvalue weighted by Gasteiger charge is -2.78. The summed E-state index contributed by atoms with van der Waals surface area (Å²) >= 11 is 32.2. The third kappa shape index (κ3) is 5.89. The van der Waals surface area contributed by atoms with Crippen LogP contribution in [0.4, 0.5) is 0 Å². The minimum Gasteiger partial charge on any atom is -0.0508 e. The van der Waals surface area contributed by atoms with Gasteiger partial charge in [-0.1, -0.05) is 127 Å². The second kappa shape index (κ2) is 13.6. The van der Waals surface area contributed by atoms with E-state index in [9.17, 15) is 0 Å². The lowest BCUT2D eigenvalue weighted by Crippen LogP contribution is -2.71. The maximum absolute atomic E-state index is 4.06. The predicted octanol–water partition coefficient (Wildman–Crippen LogP) is 18.0. The topological polar surface area (TPSA) is 0 Å². The SMILES string of the molecule is Cc1c(Br)cc(Br)cc1C12CC3CC(c4cc(Br)cc(Br)c4C)(C1)CC(C14CC5CC(c6cc(Br)cc(Br)c6C)(CC(c6cc(Br)cc(Br)c6C)(C5)C1)C4)(C3)C2. The zero-order valence-corrected chi connectivity index (χ0v) is 45.0. The Kier molecular flexibility index (Phi) is 9.91. The molecule has 4 aromatic rings. The fourth-order valence-corrected chi connectivity index (χ4v) is 20.9. The Morgan fingerprint density at radius 1 is 0.339 bits per heavy atom. The van der Waals surface area contributed by atoms with E-state index < -0.39 is 0 Å². The summed E-state index contributed by atoms with van der Waals surface area (Å²) in [7, 11) is 0. The highest BCUT2D eigenvalue weighted by atomic mass is 79.9. The highest BCUT2D eigenvalue weighted by Gasteiger charge is 2.75. The van der Waals surface area contributed by atoms with Gasteiger partial charge in [-0.15, -0.1) is 0 Å². The number of hydrogen-bond acceptors (Lipinski definition) is 0. The van der Waals surface area contributed by atoms with Crippen LogP contribution in [0, 0.1) is 50.4 Å². The molecule has 0 heterocycles. The number of halogens is 8. The van der Waals surface area contributed by atoms with Crippen molar-refractivity contribution >= 4 is 127 Å². The van der Waals surface area contributed by atoms with Crippen molar-refractivity contribution in [2.75, 3.05) is 0 Å². The molecule has 0 spiro atoms.